The number of hydrogen-bond acceptors (Lipinski definition) is 7. The van der Waals surface area contributed by atoms with E-state index in [0.717, 1.165) is 12.1 Å². The van der Waals surface area contributed by atoms with Crippen LogP contribution < -0.4 is 15.5 Å². The summed E-state index contributed by atoms with van der Waals surface area (Å²) in [5, 5.41) is 23.3. The molecule has 0 radical (unpaired) electrons. The van der Waals surface area contributed by atoms with Crippen LogP contribution in [-0.4, -0.2) is 59.1 Å². The number of carbonyl (C=O) groups is 2. The molecular weight excluding hydrogens is 383 g/mol. The zero-order valence-electron chi connectivity index (χ0n) is 15.3. The Bertz CT molecular complexity index is 715. The van der Waals surface area contributed by atoms with Crippen molar-refractivity contribution in [1.29, 1.82) is 0 Å². The molecule has 28 heavy (non-hydrogen) atoms. The second-order valence-corrected chi connectivity index (χ2v) is 6.77. The molecule has 156 valence electrons. The highest BCUT2D eigenvalue weighted by Gasteiger charge is 2.54. The van der Waals surface area contributed by atoms with Crippen LogP contribution in [0.2, 0.25) is 0 Å². The fourth-order valence-corrected chi connectivity index (χ4v) is 3.44. The zero-order chi connectivity index (χ0) is 21.2. The quantitative estimate of drug-likeness (QED) is 0.314. The topological polar surface area (TPSA) is 111 Å². The summed E-state index contributed by atoms with van der Waals surface area (Å²) in [6.07, 6.45) is -4.44. The third kappa shape index (κ3) is 4.12. The SMILES string of the molecule is CC(C=O)[C@](O)(C(=O)NO)N1CCNC[C@@]1(C)c1ccc(OC(F)(F)F)cc1. The largest absolute Gasteiger partial charge is 0.573 e. The van der Waals surface area contributed by atoms with E-state index in [2.05, 4.69) is 10.1 Å². The molecule has 1 aliphatic rings. The highest BCUT2D eigenvalue weighted by molar-refractivity contribution is 5.87. The number of ether oxygens (including phenoxy) is 1. The lowest BCUT2D eigenvalue weighted by Gasteiger charge is -2.53. The fraction of sp³-hybridized carbons (Fsp3) is 0.529. The van der Waals surface area contributed by atoms with Gasteiger partial charge in [0.25, 0.3) is 5.91 Å². The lowest BCUT2D eigenvalue weighted by atomic mass is 9.83. The van der Waals surface area contributed by atoms with E-state index in [-0.39, 0.29) is 13.1 Å². The molecule has 2 rings (SSSR count). The molecule has 1 unspecified atom stereocenters. The van der Waals surface area contributed by atoms with Gasteiger partial charge in [-0.1, -0.05) is 19.1 Å². The van der Waals surface area contributed by atoms with Crippen LogP contribution in [0.3, 0.4) is 0 Å². The molecule has 1 fully saturated rings. The van der Waals surface area contributed by atoms with Crippen molar-refractivity contribution in [2.45, 2.75) is 31.5 Å². The van der Waals surface area contributed by atoms with Crippen LogP contribution in [0.25, 0.3) is 0 Å². The molecule has 1 aliphatic heterocycles. The number of nitrogens with one attached hydrogen (secondary N) is 2. The normalized spacial score (nSPS) is 24.1. The third-order valence-electron chi connectivity index (χ3n) is 4.97. The molecule has 8 nitrogen and oxygen atoms in total. The lowest BCUT2D eigenvalue weighted by molar-refractivity contribution is -0.274. The van der Waals surface area contributed by atoms with E-state index in [1.54, 1.807) is 6.92 Å². The minimum absolute atomic E-state index is 0.124. The predicted molar refractivity (Wildman–Crippen MR) is 90.2 cm³/mol. The molecule has 11 heteroatoms. The summed E-state index contributed by atoms with van der Waals surface area (Å²) in [6.45, 7) is 3.70. The van der Waals surface area contributed by atoms with Gasteiger partial charge in [-0.2, -0.15) is 0 Å². The van der Waals surface area contributed by atoms with Crippen LogP contribution in [0.5, 0.6) is 5.75 Å². The number of benzene rings is 1. The van der Waals surface area contributed by atoms with Crippen molar-refractivity contribution in [1.82, 2.24) is 15.7 Å². The van der Waals surface area contributed by atoms with Crippen molar-refractivity contribution in [2.24, 2.45) is 5.92 Å². The molecule has 0 bridgehead atoms. The molecule has 1 heterocycles. The molecule has 0 saturated carbocycles. The Labute approximate surface area is 159 Å². The van der Waals surface area contributed by atoms with Crippen molar-refractivity contribution in [3.05, 3.63) is 29.8 Å². The first-order valence-electron chi connectivity index (χ1n) is 8.46. The van der Waals surface area contributed by atoms with Crippen LogP contribution in [-0.2, 0) is 15.1 Å². The summed E-state index contributed by atoms with van der Waals surface area (Å²) in [4.78, 5) is 25.0. The predicted octanol–water partition coefficient (Wildman–Crippen LogP) is 0.735. The Morgan fingerprint density at radius 1 is 1.39 bits per heavy atom. The summed E-state index contributed by atoms with van der Waals surface area (Å²) < 4.78 is 41.0. The number of hydroxylamine groups is 1. The molecule has 4 N–H and O–H groups in total. The first-order valence-corrected chi connectivity index (χ1v) is 8.46. The van der Waals surface area contributed by atoms with Crippen molar-refractivity contribution in [3.63, 3.8) is 0 Å². The number of piperazine rings is 1. The molecule has 1 aromatic carbocycles. The van der Waals surface area contributed by atoms with Gasteiger partial charge >= 0.3 is 6.36 Å². The number of nitrogens with zero attached hydrogens (tertiary/aromatic N) is 1. The van der Waals surface area contributed by atoms with E-state index in [9.17, 15) is 27.9 Å². The standard InChI is InChI=1S/C17H22F3N3O5/c1-11(9-24)16(26,14(25)22-27)23-8-7-21-10-15(23,2)12-3-5-13(6-4-12)28-17(18,19)20/h3-6,9,11,21,26-27H,7-8,10H2,1-2H3,(H,22,25)/t11?,15-,16-/m0/s1. The summed E-state index contributed by atoms with van der Waals surface area (Å²) in [7, 11) is 0. The van der Waals surface area contributed by atoms with Gasteiger partial charge in [0, 0.05) is 19.6 Å². The van der Waals surface area contributed by atoms with Gasteiger partial charge in [-0.15, -0.1) is 13.2 Å². The Morgan fingerprint density at radius 2 is 2.00 bits per heavy atom. The third-order valence-corrected chi connectivity index (χ3v) is 4.97. The van der Waals surface area contributed by atoms with Crippen LogP contribution >= 0.6 is 0 Å². The number of alkyl halides is 3. The van der Waals surface area contributed by atoms with E-state index >= 15 is 0 Å². The first kappa shape index (κ1) is 22.1. The smallest absolute Gasteiger partial charge is 0.406 e. The second kappa shape index (κ2) is 8.03. The first-order chi connectivity index (χ1) is 13.0. The molecular formula is C17H22F3N3O5. The second-order valence-electron chi connectivity index (χ2n) is 6.77. The van der Waals surface area contributed by atoms with E-state index in [1.807, 2.05) is 0 Å². The van der Waals surface area contributed by atoms with Gasteiger partial charge in [0.1, 0.15) is 12.0 Å². The van der Waals surface area contributed by atoms with Crippen molar-refractivity contribution < 1.29 is 37.8 Å². The van der Waals surface area contributed by atoms with Crippen LogP contribution in [0, 0.1) is 5.92 Å². The van der Waals surface area contributed by atoms with E-state index in [0.29, 0.717) is 18.4 Å². The number of rotatable bonds is 6. The Balaban J connectivity index is 2.47. The van der Waals surface area contributed by atoms with E-state index in [4.69, 9.17) is 5.21 Å². The Hall–Kier alpha value is -2.21. The number of halogens is 3. The maximum atomic E-state index is 12.4. The molecule has 1 aromatic rings. The number of aliphatic hydroxyl groups is 1. The van der Waals surface area contributed by atoms with E-state index in [1.165, 1.54) is 29.4 Å². The summed E-state index contributed by atoms with van der Waals surface area (Å²) in [6, 6.07) is 5.00. The molecule has 0 aliphatic carbocycles. The lowest BCUT2D eigenvalue weighted by Crippen LogP contribution is -2.72. The number of carbonyl (C=O) groups excluding carboxylic acids is 2. The number of amides is 1. The van der Waals surface area contributed by atoms with Crippen LogP contribution in [0.1, 0.15) is 19.4 Å². The van der Waals surface area contributed by atoms with Gasteiger partial charge in [0.05, 0.1) is 11.5 Å². The van der Waals surface area contributed by atoms with Gasteiger partial charge in [0.2, 0.25) is 5.72 Å². The van der Waals surface area contributed by atoms with Gasteiger partial charge in [-0.25, -0.2) is 5.48 Å². The average molecular weight is 405 g/mol. The molecule has 0 spiro atoms. The van der Waals surface area contributed by atoms with Gasteiger partial charge in [0.15, 0.2) is 0 Å². The maximum absolute atomic E-state index is 12.4. The number of hydrogen-bond donors (Lipinski definition) is 4. The zero-order valence-corrected chi connectivity index (χ0v) is 15.3. The fourth-order valence-electron chi connectivity index (χ4n) is 3.44. The highest BCUT2D eigenvalue weighted by Crippen LogP contribution is 2.38. The van der Waals surface area contributed by atoms with Gasteiger partial charge in [-0.05, 0) is 24.6 Å². The summed E-state index contributed by atoms with van der Waals surface area (Å²) in [5.74, 6) is -2.80. The maximum Gasteiger partial charge on any atom is 0.573 e. The number of aldehydes is 1. The molecule has 1 saturated heterocycles. The van der Waals surface area contributed by atoms with Crippen molar-refractivity contribution >= 4 is 12.2 Å². The summed E-state index contributed by atoms with van der Waals surface area (Å²) in [5.41, 5.74) is -1.61. The Morgan fingerprint density at radius 3 is 2.50 bits per heavy atom. The van der Waals surface area contributed by atoms with Gasteiger partial charge < -0.3 is 20.0 Å². The van der Waals surface area contributed by atoms with Gasteiger partial charge in [-0.3, -0.25) is 14.9 Å². The van der Waals surface area contributed by atoms with E-state index < -0.39 is 35.2 Å². The van der Waals surface area contributed by atoms with Crippen molar-refractivity contribution in [3.8, 4) is 5.75 Å². The van der Waals surface area contributed by atoms with Crippen LogP contribution in [0.4, 0.5) is 13.2 Å². The molecule has 0 aromatic heterocycles. The Kier molecular flexibility index (Phi) is 6.34. The minimum Gasteiger partial charge on any atom is -0.406 e. The average Bonchev–Trinajstić information content (AvgIpc) is 2.65. The highest BCUT2D eigenvalue weighted by atomic mass is 19.4. The molecule has 1 amide bonds. The summed E-state index contributed by atoms with van der Waals surface area (Å²) >= 11 is 0. The minimum atomic E-state index is -4.83. The monoisotopic (exact) mass is 405 g/mol. The molecule has 3 atom stereocenters. The van der Waals surface area contributed by atoms with Crippen LogP contribution in [0.15, 0.2) is 24.3 Å². The van der Waals surface area contributed by atoms with Crippen molar-refractivity contribution in [2.75, 3.05) is 19.6 Å².